The molecule has 1 amide bonds. The summed E-state index contributed by atoms with van der Waals surface area (Å²) in [6.07, 6.45) is 0. The van der Waals surface area contributed by atoms with Gasteiger partial charge in [-0.05, 0) is 18.2 Å². The summed E-state index contributed by atoms with van der Waals surface area (Å²) < 4.78 is 3.75. The highest BCUT2D eigenvalue weighted by molar-refractivity contribution is 9.10. The van der Waals surface area contributed by atoms with Gasteiger partial charge < -0.3 is 0 Å². The average Bonchev–Trinajstić information content (AvgIpc) is 3.18. The molecule has 0 aliphatic rings. The van der Waals surface area contributed by atoms with Gasteiger partial charge in [0.05, 0.1) is 11.4 Å². The van der Waals surface area contributed by atoms with Gasteiger partial charge in [0.1, 0.15) is 6.54 Å². The number of halogens is 1. The van der Waals surface area contributed by atoms with Crippen LogP contribution in [-0.2, 0) is 11.3 Å². The van der Waals surface area contributed by atoms with Crippen LogP contribution in [0.4, 0.5) is 0 Å². The minimum absolute atomic E-state index is 0.217. The van der Waals surface area contributed by atoms with E-state index in [9.17, 15) is 9.59 Å². The first kappa shape index (κ1) is 21.0. The van der Waals surface area contributed by atoms with E-state index in [0.29, 0.717) is 10.5 Å². The Bertz CT molecular complexity index is 1340. The molecule has 0 saturated carbocycles. The summed E-state index contributed by atoms with van der Waals surface area (Å²) in [5, 5.41) is 6.28. The van der Waals surface area contributed by atoms with E-state index in [2.05, 4.69) is 31.4 Å². The van der Waals surface area contributed by atoms with E-state index in [1.807, 2.05) is 60.0 Å². The summed E-state index contributed by atoms with van der Waals surface area (Å²) in [6, 6.07) is 20.3. The highest BCUT2D eigenvalue weighted by Crippen LogP contribution is 2.21. The number of aromatic nitrogens is 3. The molecular weight excluding hydrogens is 478 g/mol. The maximum absolute atomic E-state index is 12.8. The van der Waals surface area contributed by atoms with E-state index in [4.69, 9.17) is 0 Å². The van der Waals surface area contributed by atoms with Gasteiger partial charge in [0.2, 0.25) is 4.80 Å². The number of thiazole rings is 1. The molecule has 1 N–H and O–H groups in total. The van der Waals surface area contributed by atoms with E-state index in [-0.39, 0.29) is 18.0 Å². The molecule has 0 saturated heterocycles. The van der Waals surface area contributed by atoms with Crippen molar-refractivity contribution in [2.45, 2.75) is 6.54 Å². The van der Waals surface area contributed by atoms with Gasteiger partial charge in [0.15, 0.2) is 0 Å². The third kappa shape index (κ3) is 4.73. The Morgan fingerprint density at radius 2 is 1.81 bits per heavy atom. The monoisotopic (exact) mass is 495 g/mol. The Kier molecular flexibility index (Phi) is 6.24. The molecule has 0 unspecified atom stereocenters. The van der Waals surface area contributed by atoms with E-state index < -0.39 is 0 Å². The first-order valence-electron chi connectivity index (χ1n) is 9.38. The maximum Gasteiger partial charge on any atom is 0.267 e. The number of nitrogens with zero attached hydrogens (tertiary/aromatic N) is 4. The summed E-state index contributed by atoms with van der Waals surface area (Å²) in [5.41, 5.74) is 5.71. The first-order valence-corrected chi connectivity index (χ1v) is 11.0. The second-order valence-electron chi connectivity index (χ2n) is 6.58. The topological polar surface area (TPSA) is 81.3 Å². The molecule has 0 atom stereocenters. The predicted octanol–water partition coefficient (Wildman–Crippen LogP) is 3.50. The second kappa shape index (κ2) is 9.23. The van der Waals surface area contributed by atoms with E-state index in [1.165, 1.54) is 17.4 Å². The Hall–Kier alpha value is -3.30. The van der Waals surface area contributed by atoms with Crippen LogP contribution >= 0.6 is 27.3 Å². The molecule has 4 rings (SSSR count). The van der Waals surface area contributed by atoms with Gasteiger partial charge in [-0.15, -0.1) is 11.3 Å². The third-order valence-corrected chi connectivity index (χ3v) is 5.95. The van der Waals surface area contributed by atoms with Crippen LogP contribution in [0.1, 0.15) is 0 Å². The minimum atomic E-state index is -0.383. The normalized spacial score (nSPS) is 11.5. The molecule has 7 nitrogen and oxygen atoms in total. The molecule has 0 spiro atoms. The molecule has 0 fully saturated rings. The van der Waals surface area contributed by atoms with Gasteiger partial charge in [-0.2, -0.15) is 5.10 Å². The number of benzene rings is 2. The zero-order valence-corrected chi connectivity index (χ0v) is 18.9. The van der Waals surface area contributed by atoms with Crippen LogP contribution in [0.3, 0.4) is 0 Å². The van der Waals surface area contributed by atoms with Crippen LogP contribution < -0.4 is 15.8 Å². The smallest absolute Gasteiger partial charge is 0.267 e. The van der Waals surface area contributed by atoms with Gasteiger partial charge in [-0.25, -0.2) is 9.36 Å². The molecule has 9 heteroatoms. The quantitative estimate of drug-likeness (QED) is 0.459. The molecule has 2 aromatic heterocycles. The summed E-state index contributed by atoms with van der Waals surface area (Å²) >= 11 is 4.84. The van der Waals surface area contributed by atoms with E-state index in [0.717, 1.165) is 26.0 Å². The summed E-state index contributed by atoms with van der Waals surface area (Å²) in [7, 11) is 1.66. The predicted molar refractivity (Wildman–Crippen MR) is 125 cm³/mol. The Balaban J connectivity index is 1.61. The standard InChI is InChI=1S/C22H18BrN5O2S/c1-24-22-28(19(14-31-22)16-7-9-17(23)10-8-16)26-20(29)13-27-21(30)12-11-18(25-27)15-5-3-2-4-6-15/h2-12,14H,13H2,1H3,(H,26,29). The molecule has 0 aliphatic heterocycles. The fraction of sp³-hybridized carbons (Fsp3) is 0.0909. The highest BCUT2D eigenvalue weighted by Gasteiger charge is 2.13. The van der Waals surface area contributed by atoms with Crippen molar-refractivity contribution in [1.29, 1.82) is 0 Å². The second-order valence-corrected chi connectivity index (χ2v) is 8.34. The van der Waals surface area contributed by atoms with E-state index >= 15 is 0 Å². The van der Waals surface area contributed by atoms with Crippen molar-refractivity contribution in [1.82, 2.24) is 14.5 Å². The maximum atomic E-state index is 12.8. The third-order valence-electron chi connectivity index (χ3n) is 4.51. The van der Waals surface area contributed by atoms with Crippen LogP contribution in [0, 0.1) is 0 Å². The molecular formula is C22H18BrN5O2S. The Morgan fingerprint density at radius 3 is 2.52 bits per heavy atom. The number of rotatable bonds is 5. The zero-order valence-electron chi connectivity index (χ0n) is 16.5. The molecule has 2 aromatic carbocycles. The van der Waals surface area contributed by atoms with Crippen molar-refractivity contribution in [3.63, 3.8) is 0 Å². The van der Waals surface area contributed by atoms with Crippen molar-refractivity contribution in [2.75, 3.05) is 12.5 Å². The van der Waals surface area contributed by atoms with Crippen molar-refractivity contribution < 1.29 is 4.79 Å². The lowest BCUT2D eigenvalue weighted by Crippen LogP contribution is -2.36. The number of hydrogen-bond acceptors (Lipinski definition) is 5. The Labute approximate surface area is 190 Å². The SMILES string of the molecule is CN=c1scc(-c2ccc(Br)cc2)n1NC(=O)Cn1nc(-c2ccccc2)ccc1=O. The fourth-order valence-electron chi connectivity index (χ4n) is 3.02. The van der Waals surface area contributed by atoms with Gasteiger partial charge in [0, 0.05) is 34.1 Å². The molecule has 0 bridgehead atoms. The van der Waals surface area contributed by atoms with Gasteiger partial charge in [-0.3, -0.25) is 20.0 Å². The molecule has 31 heavy (non-hydrogen) atoms. The van der Waals surface area contributed by atoms with Crippen LogP contribution in [0.2, 0.25) is 0 Å². The first-order chi connectivity index (χ1) is 15.0. The molecule has 0 radical (unpaired) electrons. The lowest BCUT2D eigenvalue weighted by molar-refractivity contribution is -0.117. The number of hydrogen-bond donors (Lipinski definition) is 1. The van der Waals surface area contributed by atoms with Crippen LogP contribution in [0.25, 0.3) is 22.5 Å². The Morgan fingerprint density at radius 1 is 1.06 bits per heavy atom. The number of amides is 1. The van der Waals surface area contributed by atoms with Gasteiger partial charge in [0.25, 0.3) is 11.5 Å². The van der Waals surface area contributed by atoms with Crippen molar-refractivity contribution >= 4 is 33.2 Å². The lowest BCUT2D eigenvalue weighted by Gasteiger charge is -2.12. The highest BCUT2D eigenvalue weighted by atomic mass is 79.9. The molecule has 4 aromatic rings. The fourth-order valence-corrected chi connectivity index (χ4v) is 4.09. The lowest BCUT2D eigenvalue weighted by atomic mass is 10.1. The summed E-state index contributed by atoms with van der Waals surface area (Å²) in [6.45, 7) is -0.217. The van der Waals surface area contributed by atoms with Crippen molar-refractivity contribution in [3.05, 3.63) is 91.7 Å². The molecule has 2 heterocycles. The average molecular weight is 496 g/mol. The number of carbonyl (C=O) groups is 1. The number of carbonyl (C=O) groups excluding carboxylic acids is 1. The molecule has 156 valence electrons. The minimum Gasteiger partial charge on any atom is -0.271 e. The largest absolute Gasteiger partial charge is 0.271 e. The van der Waals surface area contributed by atoms with Gasteiger partial charge >= 0.3 is 0 Å². The summed E-state index contributed by atoms with van der Waals surface area (Å²) in [4.78, 5) is 30.0. The summed E-state index contributed by atoms with van der Waals surface area (Å²) in [5.74, 6) is -0.383. The van der Waals surface area contributed by atoms with Gasteiger partial charge in [-0.1, -0.05) is 58.4 Å². The van der Waals surface area contributed by atoms with Crippen molar-refractivity contribution in [3.8, 4) is 22.5 Å². The van der Waals surface area contributed by atoms with E-state index in [1.54, 1.807) is 17.8 Å². The van der Waals surface area contributed by atoms with Crippen LogP contribution in [-0.4, -0.2) is 27.4 Å². The van der Waals surface area contributed by atoms with Crippen LogP contribution in [0.5, 0.6) is 0 Å². The van der Waals surface area contributed by atoms with Crippen LogP contribution in [0.15, 0.2) is 86.4 Å². The number of nitrogens with one attached hydrogen (secondary N) is 1. The zero-order chi connectivity index (χ0) is 21.8. The molecule has 0 aliphatic carbocycles. The van der Waals surface area contributed by atoms with Crippen molar-refractivity contribution in [2.24, 2.45) is 4.99 Å².